The minimum atomic E-state index is 0.0117. The molecular formula is C26H36N6O. The average molecular weight is 449 g/mol. The van der Waals surface area contributed by atoms with Crippen LogP contribution in [-0.4, -0.2) is 36.1 Å². The van der Waals surface area contributed by atoms with Crippen LogP contribution >= 0.6 is 0 Å². The van der Waals surface area contributed by atoms with Crippen LogP contribution in [0.3, 0.4) is 0 Å². The molecule has 0 radical (unpaired) electrons. The Morgan fingerprint density at radius 1 is 1.12 bits per heavy atom. The van der Waals surface area contributed by atoms with Crippen LogP contribution in [0.1, 0.15) is 94.2 Å². The molecule has 0 unspecified atom stereocenters. The highest BCUT2D eigenvalue weighted by molar-refractivity contribution is 5.81. The number of pyridine rings is 1. The monoisotopic (exact) mass is 448 g/mol. The molecule has 1 aromatic carbocycles. The standard InChI is InChI=1S/C26H36N6O/c1-17(2)24(25-28-29-30-32(25)22-13-6-7-14-22)31(21-11-4-5-12-21)16-20-15-19-10-8-9-18(3)23(19)27-26(20)33/h8-10,15,17,21-22,24H,4-7,11-14,16H2,1-3H3,(H,27,33)/t24-/m1/s1. The first-order chi connectivity index (χ1) is 16.0. The normalized spacial score (nSPS) is 18.8. The fourth-order valence-electron chi connectivity index (χ4n) is 6.07. The Bertz CT molecular complexity index is 1150. The summed E-state index contributed by atoms with van der Waals surface area (Å²) in [6.45, 7) is 7.17. The Morgan fingerprint density at radius 2 is 1.85 bits per heavy atom. The van der Waals surface area contributed by atoms with Gasteiger partial charge >= 0.3 is 0 Å². The molecule has 2 saturated carbocycles. The highest BCUT2D eigenvalue weighted by Gasteiger charge is 2.36. The molecule has 0 bridgehead atoms. The van der Waals surface area contributed by atoms with Crippen LogP contribution in [0, 0.1) is 12.8 Å². The molecule has 0 amide bonds. The van der Waals surface area contributed by atoms with Crippen LogP contribution in [-0.2, 0) is 6.54 Å². The summed E-state index contributed by atoms with van der Waals surface area (Å²) in [5, 5.41) is 14.2. The minimum Gasteiger partial charge on any atom is -0.321 e. The predicted molar refractivity (Wildman–Crippen MR) is 130 cm³/mol. The van der Waals surface area contributed by atoms with Gasteiger partial charge in [-0.3, -0.25) is 9.69 Å². The molecule has 2 aromatic heterocycles. The number of hydrogen-bond acceptors (Lipinski definition) is 5. The smallest absolute Gasteiger partial charge is 0.252 e. The van der Waals surface area contributed by atoms with Gasteiger partial charge in [0.25, 0.3) is 5.56 Å². The molecule has 2 aliphatic carbocycles. The van der Waals surface area contributed by atoms with E-state index in [4.69, 9.17) is 0 Å². The van der Waals surface area contributed by atoms with Crippen LogP contribution in [0.15, 0.2) is 29.1 Å². The molecule has 5 rings (SSSR count). The van der Waals surface area contributed by atoms with E-state index in [0.29, 0.717) is 24.5 Å². The number of hydrogen-bond donors (Lipinski definition) is 1. The Balaban J connectivity index is 1.55. The molecule has 2 aliphatic rings. The van der Waals surface area contributed by atoms with Crippen molar-refractivity contribution in [3.05, 3.63) is 51.6 Å². The molecule has 2 fully saturated rings. The van der Waals surface area contributed by atoms with E-state index in [1.54, 1.807) is 0 Å². The van der Waals surface area contributed by atoms with Gasteiger partial charge in [0.1, 0.15) is 0 Å². The van der Waals surface area contributed by atoms with E-state index in [-0.39, 0.29) is 11.6 Å². The second-order valence-electron chi connectivity index (χ2n) is 10.4. The van der Waals surface area contributed by atoms with E-state index >= 15 is 0 Å². The second kappa shape index (κ2) is 9.37. The Kier molecular flexibility index (Phi) is 6.32. The van der Waals surface area contributed by atoms with E-state index in [1.165, 1.54) is 38.5 Å². The number of nitrogens with zero attached hydrogens (tertiary/aromatic N) is 5. The van der Waals surface area contributed by atoms with Gasteiger partial charge in [-0.2, -0.15) is 0 Å². The Hall–Kier alpha value is -2.54. The molecular weight excluding hydrogens is 412 g/mol. The fourth-order valence-corrected chi connectivity index (χ4v) is 6.07. The maximum atomic E-state index is 13.2. The zero-order valence-electron chi connectivity index (χ0n) is 20.1. The van der Waals surface area contributed by atoms with Gasteiger partial charge < -0.3 is 4.98 Å². The summed E-state index contributed by atoms with van der Waals surface area (Å²) in [5.74, 6) is 1.30. The van der Waals surface area contributed by atoms with Gasteiger partial charge in [-0.1, -0.05) is 57.7 Å². The van der Waals surface area contributed by atoms with E-state index in [1.807, 2.05) is 13.0 Å². The number of fused-ring (bicyclic) bond motifs is 1. The highest BCUT2D eigenvalue weighted by atomic mass is 16.1. The minimum absolute atomic E-state index is 0.0117. The number of aromatic amines is 1. The molecule has 0 aliphatic heterocycles. The Morgan fingerprint density at radius 3 is 2.58 bits per heavy atom. The van der Waals surface area contributed by atoms with Gasteiger partial charge in [-0.15, -0.1) is 5.10 Å². The third-order valence-electron chi connectivity index (χ3n) is 7.75. The lowest BCUT2D eigenvalue weighted by Gasteiger charge is -2.38. The van der Waals surface area contributed by atoms with Crippen LogP contribution in [0.25, 0.3) is 10.9 Å². The van der Waals surface area contributed by atoms with E-state index in [2.05, 4.69) is 62.1 Å². The molecule has 7 nitrogen and oxygen atoms in total. The van der Waals surface area contributed by atoms with Crippen LogP contribution < -0.4 is 5.56 Å². The number of nitrogens with one attached hydrogen (secondary N) is 1. The van der Waals surface area contributed by atoms with Gasteiger partial charge in [0.05, 0.1) is 17.6 Å². The maximum absolute atomic E-state index is 13.2. The lowest BCUT2D eigenvalue weighted by Crippen LogP contribution is -2.41. The first kappa shape index (κ1) is 22.3. The van der Waals surface area contributed by atoms with Crippen molar-refractivity contribution >= 4 is 10.9 Å². The van der Waals surface area contributed by atoms with E-state index < -0.39 is 0 Å². The van der Waals surface area contributed by atoms with Gasteiger partial charge in [0.2, 0.25) is 0 Å². The molecule has 33 heavy (non-hydrogen) atoms. The summed E-state index contributed by atoms with van der Waals surface area (Å²) in [6, 6.07) is 9.19. The molecule has 176 valence electrons. The van der Waals surface area contributed by atoms with Crippen molar-refractivity contribution in [2.45, 2.75) is 96.8 Å². The van der Waals surface area contributed by atoms with Crippen molar-refractivity contribution in [3.8, 4) is 0 Å². The van der Waals surface area contributed by atoms with Crippen molar-refractivity contribution in [3.63, 3.8) is 0 Å². The molecule has 1 atom stereocenters. The van der Waals surface area contributed by atoms with Crippen LogP contribution in [0.5, 0.6) is 0 Å². The number of benzene rings is 1. The highest BCUT2D eigenvalue weighted by Crippen LogP contribution is 2.38. The zero-order valence-corrected chi connectivity index (χ0v) is 20.1. The molecule has 0 spiro atoms. The quantitative estimate of drug-likeness (QED) is 0.545. The van der Waals surface area contributed by atoms with Crippen molar-refractivity contribution in [2.75, 3.05) is 0 Å². The summed E-state index contributed by atoms with van der Waals surface area (Å²) in [4.78, 5) is 18.9. The molecule has 3 aromatic rings. The summed E-state index contributed by atoms with van der Waals surface area (Å²) < 4.78 is 2.10. The van der Waals surface area contributed by atoms with Crippen molar-refractivity contribution in [1.82, 2.24) is 30.1 Å². The van der Waals surface area contributed by atoms with E-state index in [0.717, 1.165) is 40.7 Å². The summed E-state index contributed by atoms with van der Waals surface area (Å²) in [5.41, 5.74) is 2.87. The number of rotatable bonds is 7. The Labute approximate surface area is 195 Å². The fraction of sp³-hybridized carbons (Fsp3) is 0.615. The lowest BCUT2D eigenvalue weighted by atomic mass is 9.97. The molecule has 0 saturated heterocycles. The second-order valence-corrected chi connectivity index (χ2v) is 10.4. The first-order valence-corrected chi connectivity index (χ1v) is 12.7. The van der Waals surface area contributed by atoms with Crippen molar-refractivity contribution < 1.29 is 0 Å². The van der Waals surface area contributed by atoms with Gasteiger partial charge in [0, 0.05) is 18.2 Å². The molecule has 2 heterocycles. The first-order valence-electron chi connectivity index (χ1n) is 12.7. The molecule has 1 N–H and O–H groups in total. The zero-order chi connectivity index (χ0) is 22.9. The van der Waals surface area contributed by atoms with E-state index in [9.17, 15) is 4.79 Å². The maximum Gasteiger partial charge on any atom is 0.252 e. The number of tetrazole rings is 1. The van der Waals surface area contributed by atoms with Crippen LogP contribution in [0.2, 0.25) is 0 Å². The lowest BCUT2D eigenvalue weighted by molar-refractivity contribution is 0.0826. The number of aryl methyl sites for hydroxylation is 1. The van der Waals surface area contributed by atoms with Gasteiger partial charge in [0.15, 0.2) is 5.82 Å². The van der Waals surface area contributed by atoms with Crippen molar-refractivity contribution in [2.24, 2.45) is 5.92 Å². The number of H-pyrrole nitrogens is 1. The number of aromatic nitrogens is 5. The SMILES string of the molecule is Cc1cccc2cc(CN(C3CCCC3)[C@@H](c3nnnn3C3CCCC3)C(C)C)c(=O)[nH]c12. The number of para-hydroxylation sites is 1. The summed E-state index contributed by atoms with van der Waals surface area (Å²) >= 11 is 0. The third kappa shape index (κ3) is 4.35. The summed E-state index contributed by atoms with van der Waals surface area (Å²) in [6.07, 6.45) is 9.60. The third-order valence-corrected chi connectivity index (χ3v) is 7.75. The largest absolute Gasteiger partial charge is 0.321 e. The van der Waals surface area contributed by atoms with Gasteiger partial charge in [-0.05, 0) is 66.0 Å². The topological polar surface area (TPSA) is 79.7 Å². The van der Waals surface area contributed by atoms with Crippen molar-refractivity contribution in [1.29, 1.82) is 0 Å². The van der Waals surface area contributed by atoms with Gasteiger partial charge in [-0.25, -0.2) is 4.68 Å². The average Bonchev–Trinajstić information content (AvgIpc) is 3.56. The molecule has 7 heteroatoms. The summed E-state index contributed by atoms with van der Waals surface area (Å²) in [7, 11) is 0. The predicted octanol–water partition coefficient (Wildman–Crippen LogP) is 5.08. The van der Waals surface area contributed by atoms with Crippen LogP contribution in [0.4, 0.5) is 0 Å².